The number of thioether (sulfide) groups is 1. The summed E-state index contributed by atoms with van der Waals surface area (Å²) >= 11 is 1.68. The van der Waals surface area contributed by atoms with Crippen LogP contribution in [0.1, 0.15) is 13.3 Å². The maximum absolute atomic E-state index is 12.9. The van der Waals surface area contributed by atoms with Gasteiger partial charge in [-0.3, -0.25) is 4.90 Å². The van der Waals surface area contributed by atoms with E-state index in [0.29, 0.717) is 19.6 Å². The summed E-state index contributed by atoms with van der Waals surface area (Å²) in [6, 6.07) is 0.268. The molecular weight excluding hydrogens is 189 g/mol. The van der Waals surface area contributed by atoms with E-state index in [0.717, 1.165) is 0 Å². The lowest BCUT2D eigenvalue weighted by molar-refractivity contribution is 0.0777. The summed E-state index contributed by atoms with van der Waals surface area (Å²) in [5.41, 5.74) is 0.215. The smallest absolute Gasteiger partial charge is 0.114 e. The van der Waals surface area contributed by atoms with Crippen molar-refractivity contribution in [3.63, 3.8) is 0 Å². The first-order valence-electron chi connectivity index (χ1n) is 4.62. The molecule has 1 aliphatic heterocycles. The van der Waals surface area contributed by atoms with Crippen molar-refractivity contribution < 1.29 is 9.13 Å². The Hall–Kier alpha value is 0.200. The third kappa shape index (κ3) is 3.44. The summed E-state index contributed by atoms with van der Waals surface area (Å²) in [5, 5.41) is 0. The van der Waals surface area contributed by atoms with Crippen LogP contribution in [0.5, 0.6) is 0 Å². The first-order chi connectivity index (χ1) is 6.13. The molecule has 0 aromatic carbocycles. The Morgan fingerprint density at radius 3 is 2.85 bits per heavy atom. The van der Waals surface area contributed by atoms with Crippen LogP contribution >= 0.6 is 11.8 Å². The molecule has 1 rings (SSSR count). The van der Waals surface area contributed by atoms with Crippen LogP contribution < -0.4 is 0 Å². The van der Waals surface area contributed by atoms with E-state index >= 15 is 0 Å². The fraction of sp³-hybridized carbons (Fsp3) is 1.00. The van der Waals surface area contributed by atoms with Crippen molar-refractivity contribution in [3.05, 3.63) is 0 Å². The van der Waals surface area contributed by atoms with Crippen LogP contribution in [0.15, 0.2) is 0 Å². The molecule has 13 heavy (non-hydrogen) atoms. The average molecular weight is 207 g/mol. The van der Waals surface area contributed by atoms with Gasteiger partial charge in [0, 0.05) is 12.6 Å². The van der Waals surface area contributed by atoms with Gasteiger partial charge in [0.25, 0.3) is 0 Å². The average Bonchev–Trinajstić information content (AvgIpc) is 2.41. The second kappa shape index (κ2) is 5.17. The number of likely N-dealkylation sites (N-methyl/N-ethyl adjacent to an activating group) is 1. The molecular formula is C9H18FNOS. The Morgan fingerprint density at radius 2 is 2.38 bits per heavy atom. The highest BCUT2D eigenvalue weighted by atomic mass is 32.2. The highest BCUT2D eigenvalue weighted by Crippen LogP contribution is 2.19. The van der Waals surface area contributed by atoms with Crippen molar-refractivity contribution in [2.75, 3.05) is 26.5 Å². The van der Waals surface area contributed by atoms with Crippen molar-refractivity contribution in [2.45, 2.75) is 31.0 Å². The van der Waals surface area contributed by atoms with Crippen LogP contribution in [0.3, 0.4) is 0 Å². The van der Waals surface area contributed by atoms with Crippen molar-refractivity contribution in [1.29, 1.82) is 0 Å². The molecule has 0 aliphatic carbocycles. The van der Waals surface area contributed by atoms with Crippen LogP contribution in [0.25, 0.3) is 0 Å². The quantitative estimate of drug-likeness (QED) is 0.652. The lowest BCUT2D eigenvalue weighted by Gasteiger charge is -2.20. The lowest BCUT2D eigenvalue weighted by atomic mass is 10.2. The van der Waals surface area contributed by atoms with Gasteiger partial charge in [-0.1, -0.05) is 0 Å². The minimum atomic E-state index is -0.664. The molecule has 0 N–H and O–H groups in total. The molecule has 1 heterocycles. The zero-order valence-corrected chi connectivity index (χ0v) is 9.31. The summed E-state index contributed by atoms with van der Waals surface area (Å²) in [5.74, 6) is 0. The number of nitrogens with zero attached hydrogens (tertiary/aromatic N) is 1. The van der Waals surface area contributed by atoms with E-state index in [2.05, 4.69) is 0 Å². The number of hydrogen-bond donors (Lipinski definition) is 0. The van der Waals surface area contributed by atoms with Gasteiger partial charge >= 0.3 is 0 Å². The van der Waals surface area contributed by atoms with Gasteiger partial charge in [0.05, 0.1) is 12.0 Å². The fourth-order valence-corrected chi connectivity index (χ4v) is 1.74. The number of likely N-dealkylation sites (tertiary alicyclic amines) is 1. The van der Waals surface area contributed by atoms with Gasteiger partial charge in [-0.15, -0.1) is 11.8 Å². The Balaban J connectivity index is 2.21. The van der Waals surface area contributed by atoms with E-state index in [-0.39, 0.29) is 11.5 Å². The molecule has 1 saturated heterocycles. The number of alkyl halides is 1. The second-order valence-electron chi connectivity index (χ2n) is 3.56. The predicted octanol–water partition coefficient (Wildman–Crippen LogP) is 1.75. The van der Waals surface area contributed by atoms with E-state index in [1.807, 2.05) is 25.1 Å². The number of ether oxygens (including phenoxy) is 1. The Morgan fingerprint density at radius 1 is 1.69 bits per heavy atom. The van der Waals surface area contributed by atoms with E-state index in [9.17, 15) is 4.39 Å². The molecule has 0 spiro atoms. The van der Waals surface area contributed by atoms with Gasteiger partial charge in [-0.25, -0.2) is 4.39 Å². The van der Waals surface area contributed by atoms with E-state index in [1.54, 1.807) is 11.8 Å². The van der Waals surface area contributed by atoms with Gasteiger partial charge in [0.15, 0.2) is 0 Å². The van der Waals surface area contributed by atoms with Crippen LogP contribution in [-0.4, -0.2) is 49.0 Å². The minimum absolute atomic E-state index is 0.215. The zero-order chi connectivity index (χ0) is 9.84. The summed E-state index contributed by atoms with van der Waals surface area (Å²) in [6.45, 7) is 3.23. The van der Waals surface area contributed by atoms with Crippen LogP contribution in [-0.2, 0) is 4.74 Å². The molecule has 1 fully saturated rings. The standard InChI is InChI=1S/C9H18FNOS/c1-7(13-3)12-6-9-4-8(10)5-11(9)2/h7-9H,4-6H2,1-3H3/t7?,8?,9-/m0/s1. The summed E-state index contributed by atoms with van der Waals surface area (Å²) in [6.07, 6.45) is 1.97. The zero-order valence-electron chi connectivity index (χ0n) is 8.50. The first-order valence-corrected chi connectivity index (χ1v) is 5.91. The Labute approximate surface area is 83.8 Å². The molecule has 2 unspecified atom stereocenters. The van der Waals surface area contributed by atoms with E-state index in [4.69, 9.17) is 4.74 Å². The van der Waals surface area contributed by atoms with E-state index < -0.39 is 6.17 Å². The van der Waals surface area contributed by atoms with Crippen LogP contribution in [0.2, 0.25) is 0 Å². The van der Waals surface area contributed by atoms with Crippen LogP contribution in [0.4, 0.5) is 4.39 Å². The number of hydrogen-bond acceptors (Lipinski definition) is 3. The molecule has 2 nitrogen and oxygen atoms in total. The lowest BCUT2D eigenvalue weighted by Crippen LogP contribution is -2.30. The van der Waals surface area contributed by atoms with Gasteiger partial charge in [-0.2, -0.15) is 0 Å². The second-order valence-corrected chi connectivity index (χ2v) is 4.70. The molecule has 0 bridgehead atoms. The third-order valence-electron chi connectivity index (χ3n) is 2.49. The molecule has 78 valence electrons. The summed E-state index contributed by atoms with van der Waals surface area (Å²) in [7, 11) is 1.96. The van der Waals surface area contributed by atoms with Crippen molar-refractivity contribution in [2.24, 2.45) is 0 Å². The molecule has 0 amide bonds. The van der Waals surface area contributed by atoms with Gasteiger partial charge < -0.3 is 4.74 Å². The SMILES string of the molecule is CSC(C)OC[C@@H]1CC(F)CN1C. The first kappa shape index (κ1) is 11.3. The number of rotatable bonds is 4. The van der Waals surface area contributed by atoms with Crippen molar-refractivity contribution in [1.82, 2.24) is 4.90 Å². The largest absolute Gasteiger partial charge is 0.366 e. The monoisotopic (exact) mass is 207 g/mol. The van der Waals surface area contributed by atoms with Gasteiger partial charge in [0.1, 0.15) is 6.17 Å². The van der Waals surface area contributed by atoms with Gasteiger partial charge in [0.2, 0.25) is 0 Å². The van der Waals surface area contributed by atoms with Crippen molar-refractivity contribution in [3.8, 4) is 0 Å². The normalized spacial score (nSPS) is 32.3. The minimum Gasteiger partial charge on any atom is -0.366 e. The summed E-state index contributed by atoms with van der Waals surface area (Å²) in [4.78, 5) is 2.04. The van der Waals surface area contributed by atoms with Crippen LogP contribution in [0, 0.1) is 0 Å². The highest BCUT2D eigenvalue weighted by Gasteiger charge is 2.29. The summed E-state index contributed by atoms with van der Waals surface area (Å²) < 4.78 is 18.5. The molecule has 0 aromatic rings. The Kier molecular flexibility index (Phi) is 4.49. The third-order valence-corrected chi connectivity index (χ3v) is 3.29. The van der Waals surface area contributed by atoms with Gasteiger partial charge in [-0.05, 0) is 26.6 Å². The number of halogens is 1. The predicted molar refractivity (Wildman–Crippen MR) is 54.9 cm³/mol. The topological polar surface area (TPSA) is 12.5 Å². The Bertz CT molecular complexity index is 159. The molecule has 0 saturated carbocycles. The molecule has 3 atom stereocenters. The molecule has 4 heteroatoms. The maximum Gasteiger partial charge on any atom is 0.114 e. The molecule has 0 aromatic heterocycles. The van der Waals surface area contributed by atoms with E-state index in [1.165, 1.54) is 0 Å². The maximum atomic E-state index is 12.9. The molecule has 1 aliphatic rings. The fourth-order valence-electron chi connectivity index (χ4n) is 1.52. The molecule has 0 radical (unpaired) electrons. The highest BCUT2D eigenvalue weighted by molar-refractivity contribution is 7.99. The van der Waals surface area contributed by atoms with Crippen molar-refractivity contribution >= 4 is 11.8 Å².